The SMILES string of the molecule is Cc1cc(C)nc(/N=C(\N)N2CCN(Cc3ccc4c(c3)OCO4)CC2)n1. The van der Waals surface area contributed by atoms with Crippen molar-refractivity contribution in [3.63, 3.8) is 0 Å². The van der Waals surface area contributed by atoms with Gasteiger partial charge >= 0.3 is 0 Å². The summed E-state index contributed by atoms with van der Waals surface area (Å²) in [7, 11) is 0. The minimum Gasteiger partial charge on any atom is -0.454 e. The van der Waals surface area contributed by atoms with Gasteiger partial charge in [-0.15, -0.1) is 0 Å². The van der Waals surface area contributed by atoms with Crippen LogP contribution in [0.3, 0.4) is 0 Å². The lowest BCUT2D eigenvalue weighted by Crippen LogP contribution is -2.50. The van der Waals surface area contributed by atoms with Crippen LogP contribution < -0.4 is 15.2 Å². The fourth-order valence-electron chi connectivity index (χ4n) is 3.36. The van der Waals surface area contributed by atoms with Crippen molar-refractivity contribution in [2.45, 2.75) is 20.4 Å². The summed E-state index contributed by atoms with van der Waals surface area (Å²) in [6.45, 7) is 8.52. The molecular weight excluding hydrogens is 344 g/mol. The van der Waals surface area contributed by atoms with Crippen molar-refractivity contribution < 1.29 is 9.47 Å². The summed E-state index contributed by atoms with van der Waals surface area (Å²) >= 11 is 0. The van der Waals surface area contributed by atoms with E-state index in [4.69, 9.17) is 15.2 Å². The number of aromatic nitrogens is 2. The van der Waals surface area contributed by atoms with Gasteiger partial charge in [-0.3, -0.25) is 4.90 Å². The Hall–Kier alpha value is -2.87. The van der Waals surface area contributed by atoms with E-state index in [-0.39, 0.29) is 0 Å². The van der Waals surface area contributed by atoms with Crippen LogP contribution in [-0.4, -0.2) is 58.7 Å². The Morgan fingerprint density at radius 3 is 2.48 bits per heavy atom. The van der Waals surface area contributed by atoms with Crippen LogP contribution >= 0.6 is 0 Å². The number of hydrogen-bond acceptors (Lipinski definition) is 6. The lowest BCUT2D eigenvalue weighted by atomic mass is 10.1. The zero-order valence-corrected chi connectivity index (χ0v) is 15.7. The van der Waals surface area contributed by atoms with Crippen molar-refractivity contribution in [3.8, 4) is 11.5 Å². The number of aliphatic imine (C=N–C) groups is 1. The highest BCUT2D eigenvalue weighted by Crippen LogP contribution is 2.32. The van der Waals surface area contributed by atoms with Crippen LogP contribution in [0.1, 0.15) is 17.0 Å². The highest BCUT2D eigenvalue weighted by atomic mass is 16.7. The number of nitrogens with zero attached hydrogens (tertiary/aromatic N) is 5. The van der Waals surface area contributed by atoms with Crippen molar-refractivity contribution in [1.29, 1.82) is 0 Å². The van der Waals surface area contributed by atoms with Crippen LogP contribution in [0, 0.1) is 13.8 Å². The zero-order valence-electron chi connectivity index (χ0n) is 15.7. The van der Waals surface area contributed by atoms with E-state index in [1.807, 2.05) is 26.0 Å². The molecule has 142 valence electrons. The van der Waals surface area contributed by atoms with Gasteiger partial charge in [0.1, 0.15) is 0 Å². The molecule has 0 amide bonds. The second kappa shape index (κ2) is 7.40. The average Bonchev–Trinajstić information content (AvgIpc) is 3.09. The Labute approximate surface area is 158 Å². The van der Waals surface area contributed by atoms with Gasteiger partial charge in [0.15, 0.2) is 17.5 Å². The van der Waals surface area contributed by atoms with Crippen LogP contribution in [-0.2, 0) is 6.54 Å². The van der Waals surface area contributed by atoms with Crippen LogP contribution in [0.2, 0.25) is 0 Å². The summed E-state index contributed by atoms with van der Waals surface area (Å²) in [5, 5.41) is 0. The number of guanidine groups is 1. The molecule has 0 saturated carbocycles. The number of rotatable bonds is 3. The first-order valence-electron chi connectivity index (χ1n) is 9.09. The normalized spacial score (nSPS) is 17.4. The Balaban J connectivity index is 1.35. The average molecular weight is 368 g/mol. The van der Waals surface area contributed by atoms with Gasteiger partial charge in [0.05, 0.1) is 0 Å². The minimum absolute atomic E-state index is 0.306. The maximum absolute atomic E-state index is 6.19. The van der Waals surface area contributed by atoms with E-state index in [9.17, 15) is 0 Å². The maximum atomic E-state index is 6.19. The third kappa shape index (κ3) is 4.11. The van der Waals surface area contributed by atoms with Crippen molar-refractivity contribution in [3.05, 3.63) is 41.2 Å². The molecule has 27 heavy (non-hydrogen) atoms. The molecule has 1 fully saturated rings. The second-order valence-electron chi connectivity index (χ2n) is 6.87. The Morgan fingerprint density at radius 1 is 1.04 bits per heavy atom. The standard InChI is InChI=1S/C19H24N6O2/c1-13-9-14(2)22-19(21-13)23-18(20)25-7-5-24(6-8-25)11-15-3-4-16-17(10-15)27-12-26-16/h3-4,9-10H,5-8,11-12H2,1-2H3,(H2,20,21,22,23). The number of benzene rings is 1. The first-order valence-corrected chi connectivity index (χ1v) is 9.09. The fraction of sp³-hybridized carbons (Fsp3) is 0.421. The van der Waals surface area contributed by atoms with Gasteiger partial charge in [0.2, 0.25) is 6.79 Å². The topological polar surface area (TPSA) is 89.1 Å². The van der Waals surface area contributed by atoms with Crippen molar-refractivity contribution in [2.75, 3.05) is 33.0 Å². The Kier molecular flexibility index (Phi) is 4.81. The van der Waals surface area contributed by atoms with Gasteiger partial charge in [0, 0.05) is 44.1 Å². The molecule has 0 unspecified atom stereocenters. The lowest BCUT2D eigenvalue weighted by Gasteiger charge is -2.35. The Bertz CT molecular complexity index is 841. The number of fused-ring (bicyclic) bond motifs is 1. The largest absolute Gasteiger partial charge is 0.454 e. The molecular formula is C19H24N6O2. The van der Waals surface area contributed by atoms with Gasteiger partial charge in [-0.2, -0.15) is 4.99 Å². The van der Waals surface area contributed by atoms with Gasteiger partial charge in [-0.05, 0) is 37.6 Å². The van der Waals surface area contributed by atoms with Gasteiger partial charge < -0.3 is 20.1 Å². The van der Waals surface area contributed by atoms with Crippen LogP contribution in [0.15, 0.2) is 29.3 Å². The van der Waals surface area contributed by atoms with E-state index in [2.05, 4.69) is 36.9 Å². The third-order valence-electron chi connectivity index (χ3n) is 4.72. The summed E-state index contributed by atoms with van der Waals surface area (Å²) in [6, 6.07) is 8.04. The second-order valence-corrected chi connectivity index (χ2v) is 6.87. The molecule has 2 N–H and O–H groups in total. The molecule has 0 aliphatic carbocycles. The molecule has 8 nitrogen and oxygen atoms in total. The summed E-state index contributed by atoms with van der Waals surface area (Å²) < 4.78 is 10.8. The van der Waals surface area contributed by atoms with Gasteiger partial charge in [-0.1, -0.05) is 6.07 Å². The van der Waals surface area contributed by atoms with E-state index in [1.54, 1.807) is 0 Å². The number of hydrogen-bond donors (Lipinski definition) is 1. The van der Waals surface area contributed by atoms with Crippen LogP contribution in [0.5, 0.6) is 11.5 Å². The molecule has 0 radical (unpaired) electrons. The quantitative estimate of drug-likeness (QED) is 0.650. The monoisotopic (exact) mass is 368 g/mol. The predicted molar refractivity (Wildman–Crippen MR) is 102 cm³/mol. The van der Waals surface area contributed by atoms with E-state index in [1.165, 1.54) is 5.56 Å². The van der Waals surface area contributed by atoms with E-state index in [0.717, 1.165) is 55.6 Å². The molecule has 0 bridgehead atoms. The van der Waals surface area contributed by atoms with Crippen LogP contribution in [0.25, 0.3) is 0 Å². The Morgan fingerprint density at radius 2 is 1.74 bits per heavy atom. The molecule has 8 heteroatoms. The number of ether oxygens (including phenoxy) is 2. The van der Waals surface area contributed by atoms with Gasteiger partial charge in [-0.25, -0.2) is 9.97 Å². The van der Waals surface area contributed by atoms with E-state index in [0.29, 0.717) is 18.7 Å². The molecule has 3 heterocycles. The molecule has 1 aromatic carbocycles. The maximum Gasteiger partial charge on any atom is 0.253 e. The summed E-state index contributed by atoms with van der Waals surface area (Å²) in [6.07, 6.45) is 0. The minimum atomic E-state index is 0.306. The van der Waals surface area contributed by atoms with Crippen LogP contribution in [0.4, 0.5) is 5.95 Å². The number of aryl methyl sites for hydroxylation is 2. The van der Waals surface area contributed by atoms with Crippen molar-refractivity contribution in [2.24, 2.45) is 10.7 Å². The molecule has 2 aromatic rings. The molecule has 0 atom stereocenters. The molecule has 0 spiro atoms. The number of piperazine rings is 1. The molecule has 4 rings (SSSR count). The molecule has 2 aliphatic heterocycles. The van der Waals surface area contributed by atoms with Crippen molar-refractivity contribution >= 4 is 11.9 Å². The number of nitrogens with two attached hydrogens (primary N) is 1. The molecule has 2 aliphatic rings. The highest BCUT2D eigenvalue weighted by molar-refractivity contribution is 5.80. The smallest absolute Gasteiger partial charge is 0.253 e. The molecule has 1 aromatic heterocycles. The summed E-state index contributed by atoms with van der Waals surface area (Å²) in [5.41, 5.74) is 9.19. The summed E-state index contributed by atoms with van der Waals surface area (Å²) in [4.78, 5) is 17.5. The molecule has 1 saturated heterocycles. The lowest BCUT2D eigenvalue weighted by molar-refractivity contribution is 0.172. The van der Waals surface area contributed by atoms with E-state index < -0.39 is 0 Å². The van der Waals surface area contributed by atoms with Crippen molar-refractivity contribution in [1.82, 2.24) is 19.8 Å². The van der Waals surface area contributed by atoms with E-state index >= 15 is 0 Å². The predicted octanol–water partition coefficient (Wildman–Crippen LogP) is 1.59. The first-order chi connectivity index (χ1) is 13.1. The first kappa shape index (κ1) is 17.5. The zero-order chi connectivity index (χ0) is 18.8. The summed E-state index contributed by atoms with van der Waals surface area (Å²) in [5.74, 6) is 2.55. The highest BCUT2D eigenvalue weighted by Gasteiger charge is 2.20. The third-order valence-corrected chi connectivity index (χ3v) is 4.72. The van der Waals surface area contributed by atoms with Gasteiger partial charge in [0.25, 0.3) is 5.95 Å². The fourth-order valence-corrected chi connectivity index (χ4v) is 3.36.